The van der Waals surface area contributed by atoms with E-state index in [1.54, 1.807) is 20.8 Å². The van der Waals surface area contributed by atoms with E-state index < -0.39 is 23.3 Å². The van der Waals surface area contributed by atoms with Crippen LogP contribution in [0.2, 0.25) is 0 Å². The molecule has 0 spiro atoms. The predicted octanol–water partition coefficient (Wildman–Crippen LogP) is 4.69. The van der Waals surface area contributed by atoms with Crippen molar-refractivity contribution in [1.82, 2.24) is 9.88 Å². The second kappa shape index (κ2) is 7.35. The number of carbonyl (C=O) groups is 1. The smallest absolute Gasteiger partial charge is 0.410 e. The van der Waals surface area contributed by atoms with Crippen molar-refractivity contribution in [1.29, 1.82) is 0 Å². The van der Waals surface area contributed by atoms with Gasteiger partial charge in [0.15, 0.2) is 0 Å². The maximum Gasteiger partial charge on any atom is 0.410 e. The first-order chi connectivity index (χ1) is 12.0. The third-order valence-corrected chi connectivity index (χ3v) is 3.68. The van der Waals surface area contributed by atoms with Gasteiger partial charge in [0.05, 0.1) is 11.3 Å². The molecule has 5 nitrogen and oxygen atoms in total. The van der Waals surface area contributed by atoms with Gasteiger partial charge in [0.1, 0.15) is 17.2 Å². The molecule has 1 heterocycles. The van der Waals surface area contributed by atoms with Gasteiger partial charge in [-0.15, -0.1) is 0 Å². The third-order valence-electron chi connectivity index (χ3n) is 3.68. The molecule has 2 aromatic rings. The van der Waals surface area contributed by atoms with Gasteiger partial charge in [0, 0.05) is 24.5 Å². The van der Waals surface area contributed by atoms with Crippen molar-refractivity contribution in [2.24, 2.45) is 0 Å². The minimum atomic E-state index is -0.727. The molecule has 142 valence electrons. The van der Waals surface area contributed by atoms with Gasteiger partial charge in [-0.3, -0.25) is 0 Å². The molecule has 0 radical (unpaired) electrons. The lowest BCUT2D eigenvalue weighted by atomic mass is 10.1. The van der Waals surface area contributed by atoms with Crippen molar-refractivity contribution in [3.63, 3.8) is 0 Å². The van der Waals surface area contributed by atoms with Crippen molar-refractivity contribution in [2.45, 2.75) is 52.8 Å². The summed E-state index contributed by atoms with van der Waals surface area (Å²) in [6.45, 7) is 8.95. The molecule has 0 fully saturated rings. The van der Waals surface area contributed by atoms with Gasteiger partial charge in [-0.05, 0) is 58.4 Å². The van der Waals surface area contributed by atoms with Crippen LogP contribution in [0, 0.1) is 11.6 Å². The molecule has 1 aromatic heterocycles. The Balaban J connectivity index is 2.29. The van der Waals surface area contributed by atoms with Crippen LogP contribution < -0.4 is 5.73 Å². The summed E-state index contributed by atoms with van der Waals surface area (Å²) in [7, 11) is 0. The minimum Gasteiger partial charge on any atom is -0.444 e. The van der Waals surface area contributed by atoms with Gasteiger partial charge < -0.3 is 20.4 Å². The molecule has 2 rings (SSSR count). The van der Waals surface area contributed by atoms with Crippen LogP contribution in [0.1, 0.15) is 40.2 Å². The number of nitrogens with zero attached hydrogens (tertiary/aromatic N) is 1. The van der Waals surface area contributed by atoms with E-state index in [1.807, 2.05) is 13.8 Å². The molecule has 7 heteroatoms. The number of aromatic nitrogens is 1. The fraction of sp³-hybridized carbons (Fsp3) is 0.421. The Morgan fingerprint density at radius 2 is 1.81 bits per heavy atom. The van der Waals surface area contributed by atoms with Gasteiger partial charge in [0.25, 0.3) is 0 Å². The van der Waals surface area contributed by atoms with E-state index in [0.29, 0.717) is 11.3 Å². The largest absolute Gasteiger partial charge is 0.444 e. The molecule has 1 amide bonds. The van der Waals surface area contributed by atoms with E-state index >= 15 is 0 Å². The lowest BCUT2D eigenvalue weighted by molar-refractivity contribution is 0.0171. The predicted molar refractivity (Wildman–Crippen MR) is 97.5 cm³/mol. The number of carbonyl (C=O) groups excluding carboxylic acids is 1. The van der Waals surface area contributed by atoms with Crippen molar-refractivity contribution >= 4 is 11.8 Å². The number of amides is 1. The molecular formula is C19H25F2N3O2. The third kappa shape index (κ3) is 4.74. The van der Waals surface area contributed by atoms with Gasteiger partial charge >= 0.3 is 6.09 Å². The van der Waals surface area contributed by atoms with Crippen LogP contribution in [-0.4, -0.2) is 27.6 Å². The normalized spacial score (nSPS) is 11.7. The highest BCUT2D eigenvalue weighted by atomic mass is 19.1. The van der Waals surface area contributed by atoms with Gasteiger partial charge in [-0.2, -0.15) is 0 Å². The summed E-state index contributed by atoms with van der Waals surface area (Å²) >= 11 is 0. The molecule has 0 aliphatic heterocycles. The fourth-order valence-electron chi connectivity index (χ4n) is 2.50. The second-order valence-corrected chi connectivity index (χ2v) is 7.48. The molecule has 0 bridgehead atoms. The lowest BCUT2D eigenvalue weighted by Crippen LogP contribution is -2.40. The van der Waals surface area contributed by atoms with Gasteiger partial charge in [-0.1, -0.05) is 0 Å². The maximum absolute atomic E-state index is 14.5. The summed E-state index contributed by atoms with van der Waals surface area (Å²) in [6.07, 6.45) is 0.931. The van der Waals surface area contributed by atoms with Crippen LogP contribution in [-0.2, 0) is 11.3 Å². The first-order valence-electron chi connectivity index (χ1n) is 8.39. The molecule has 1 aromatic carbocycles. The number of nitrogens with one attached hydrogen (secondary N) is 1. The van der Waals surface area contributed by atoms with E-state index in [-0.39, 0.29) is 23.8 Å². The Morgan fingerprint density at radius 3 is 2.23 bits per heavy atom. The average Bonchev–Trinajstić information content (AvgIpc) is 2.88. The number of hydrogen-bond donors (Lipinski definition) is 2. The van der Waals surface area contributed by atoms with Crippen LogP contribution in [0.25, 0.3) is 11.3 Å². The van der Waals surface area contributed by atoms with E-state index in [2.05, 4.69) is 4.98 Å². The molecule has 0 saturated heterocycles. The Bertz CT molecular complexity index is 771. The Hall–Kier alpha value is -2.57. The SMILES string of the molecule is CC(C)N(Cc1cc(F)c(-c2cc(N)c[nH]2)c(F)c1)C(=O)OC(C)(C)C. The summed E-state index contributed by atoms with van der Waals surface area (Å²) in [5.41, 5.74) is 5.74. The van der Waals surface area contributed by atoms with E-state index in [9.17, 15) is 13.6 Å². The zero-order valence-electron chi connectivity index (χ0n) is 15.7. The van der Waals surface area contributed by atoms with Gasteiger partial charge in [-0.25, -0.2) is 13.6 Å². The highest BCUT2D eigenvalue weighted by Crippen LogP contribution is 2.28. The van der Waals surface area contributed by atoms with E-state index in [1.165, 1.54) is 29.3 Å². The monoisotopic (exact) mass is 365 g/mol. The molecular weight excluding hydrogens is 340 g/mol. The standard InChI is InChI=1S/C19H25F2N3O2/c1-11(2)24(18(25)26-19(3,4)5)10-12-6-14(20)17(15(21)7-12)16-8-13(22)9-23-16/h6-9,11,23H,10,22H2,1-5H3. The molecule has 26 heavy (non-hydrogen) atoms. The van der Waals surface area contributed by atoms with E-state index in [0.717, 1.165) is 0 Å². The fourth-order valence-corrected chi connectivity index (χ4v) is 2.50. The lowest BCUT2D eigenvalue weighted by Gasteiger charge is -2.30. The Kier molecular flexibility index (Phi) is 5.59. The number of H-pyrrole nitrogens is 1. The summed E-state index contributed by atoms with van der Waals surface area (Å²) in [4.78, 5) is 16.5. The summed E-state index contributed by atoms with van der Waals surface area (Å²) in [5.74, 6) is -1.45. The zero-order valence-corrected chi connectivity index (χ0v) is 15.7. The number of anilines is 1. The number of nitrogen functional groups attached to an aromatic ring is 1. The Labute approximate surface area is 152 Å². The van der Waals surface area contributed by atoms with Gasteiger partial charge in [0.2, 0.25) is 0 Å². The van der Waals surface area contributed by atoms with Crippen molar-refractivity contribution in [2.75, 3.05) is 5.73 Å². The number of aromatic amines is 1. The Morgan fingerprint density at radius 1 is 1.23 bits per heavy atom. The van der Waals surface area contributed by atoms with Crippen LogP contribution in [0.15, 0.2) is 24.4 Å². The number of benzene rings is 1. The first-order valence-corrected chi connectivity index (χ1v) is 8.39. The second-order valence-electron chi connectivity index (χ2n) is 7.48. The molecule has 3 N–H and O–H groups in total. The highest BCUT2D eigenvalue weighted by molar-refractivity contribution is 5.69. The van der Waals surface area contributed by atoms with E-state index in [4.69, 9.17) is 10.5 Å². The van der Waals surface area contributed by atoms with Crippen LogP contribution >= 0.6 is 0 Å². The summed E-state index contributed by atoms with van der Waals surface area (Å²) in [5, 5.41) is 0. The number of nitrogens with two attached hydrogens (primary N) is 1. The van der Waals surface area contributed by atoms with Crippen LogP contribution in [0.3, 0.4) is 0 Å². The topological polar surface area (TPSA) is 71.3 Å². The van der Waals surface area contributed by atoms with Crippen LogP contribution in [0.5, 0.6) is 0 Å². The van der Waals surface area contributed by atoms with Crippen molar-refractivity contribution < 1.29 is 18.3 Å². The maximum atomic E-state index is 14.5. The first kappa shape index (κ1) is 19.8. The quantitative estimate of drug-likeness (QED) is 0.826. The number of halogens is 2. The molecule has 0 aliphatic carbocycles. The number of ether oxygens (including phenoxy) is 1. The molecule has 0 atom stereocenters. The molecule has 0 unspecified atom stereocenters. The number of rotatable bonds is 4. The number of hydrogen-bond acceptors (Lipinski definition) is 3. The minimum absolute atomic E-state index is 0.0353. The van der Waals surface area contributed by atoms with Crippen LogP contribution in [0.4, 0.5) is 19.3 Å². The zero-order chi connectivity index (χ0) is 19.6. The summed E-state index contributed by atoms with van der Waals surface area (Å²) < 4.78 is 34.4. The molecule has 0 saturated carbocycles. The molecule has 0 aliphatic rings. The summed E-state index contributed by atoms with van der Waals surface area (Å²) in [6, 6.07) is 3.70. The highest BCUT2D eigenvalue weighted by Gasteiger charge is 2.25. The average molecular weight is 365 g/mol. The van der Waals surface area contributed by atoms with Crippen molar-refractivity contribution in [3.8, 4) is 11.3 Å². The van der Waals surface area contributed by atoms with Crippen molar-refractivity contribution in [3.05, 3.63) is 41.6 Å².